The van der Waals surface area contributed by atoms with Crippen LogP contribution in [0.2, 0.25) is 5.02 Å². The fourth-order valence-corrected chi connectivity index (χ4v) is 3.48. The van der Waals surface area contributed by atoms with Crippen LogP contribution in [0.3, 0.4) is 0 Å². The van der Waals surface area contributed by atoms with Crippen LogP contribution in [0, 0.1) is 6.92 Å². The number of nitrogens with zero attached hydrogens (tertiary/aromatic N) is 1. The van der Waals surface area contributed by atoms with Gasteiger partial charge in [-0.2, -0.15) is 0 Å². The van der Waals surface area contributed by atoms with Crippen molar-refractivity contribution in [2.24, 2.45) is 0 Å². The highest BCUT2D eigenvalue weighted by Gasteiger charge is 2.39. The number of imide groups is 1. The molecule has 0 saturated carbocycles. The van der Waals surface area contributed by atoms with E-state index in [2.05, 4.69) is 5.32 Å². The van der Waals surface area contributed by atoms with E-state index in [0.717, 1.165) is 16.8 Å². The zero-order chi connectivity index (χ0) is 20.4. The maximum atomic E-state index is 13.3. The van der Waals surface area contributed by atoms with E-state index in [1.54, 1.807) is 6.07 Å². The smallest absolute Gasteiger partial charge is 0.278 e. The van der Waals surface area contributed by atoms with Crippen molar-refractivity contribution in [1.29, 1.82) is 0 Å². The van der Waals surface area contributed by atoms with Gasteiger partial charge in [0.25, 0.3) is 11.8 Å². The zero-order valence-electron chi connectivity index (χ0n) is 15.9. The molecule has 144 valence electrons. The molecule has 0 aliphatic carbocycles. The van der Waals surface area contributed by atoms with Crippen LogP contribution in [0.15, 0.2) is 84.6 Å². The highest BCUT2D eigenvalue weighted by atomic mass is 35.5. The lowest BCUT2D eigenvalue weighted by atomic mass is 10.0. The van der Waals surface area contributed by atoms with Gasteiger partial charge in [-0.05, 0) is 36.2 Å². The first-order valence-electron chi connectivity index (χ1n) is 9.27. The minimum absolute atomic E-state index is 0.118. The second-order valence-electron chi connectivity index (χ2n) is 6.89. The standard InChI is InChI=1S/C24H19ClN2O2/c1-16-11-13-19(14-12-16)26-22-21(17-7-3-2-4-8-17)23(28)27(24(22)29)15-18-9-5-6-10-20(18)25/h2-14,26H,15H2,1H3. The van der Waals surface area contributed by atoms with Crippen LogP contribution in [0.5, 0.6) is 0 Å². The van der Waals surface area contributed by atoms with Crippen molar-refractivity contribution in [2.45, 2.75) is 13.5 Å². The lowest BCUT2D eigenvalue weighted by Gasteiger charge is -2.16. The van der Waals surface area contributed by atoms with Crippen molar-refractivity contribution >= 4 is 34.7 Å². The number of halogens is 1. The predicted octanol–water partition coefficient (Wildman–Crippen LogP) is 5.04. The average molecular weight is 403 g/mol. The third-order valence-corrected chi connectivity index (χ3v) is 5.21. The van der Waals surface area contributed by atoms with E-state index in [1.807, 2.05) is 79.7 Å². The maximum absolute atomic E-state index is 13.3. The molecule has 0 aromatic heterocycles. The Morgan fingerprint density at radius 1 is 0.828 bits per heavy atom. The zero-order valence-corrected chi connectivity index (χ0v) is 16.6. The fraction of sp³-hybridized carbons (Fsp3) is 0.0833. The second-order valence-corrected chi connectivity index (χ2v) is 7.30. The van der Waals surface area contributed by atoms with Crippen LogP contribution in [0.1, 0.15) is 16.7 Å². The summed E-state index contributed by atoms with van der Waals surface area (Å²) in [7, 11) is 0. The molecule has 0 radical (unpaired) electrons. The van der Waals surface area contributed by atoms with Crippen molar-refractivity contribution in [3.8, 4) is 0 Å². The first-order chi connectivity index (χ1) is 14.0. The van der Waals surface area contributed by atoms with Crippen LogP contribution in [0.25, 0.3) is 5.57 Å². The van der Waals surface area contributed by atoms with Gasteiger partial charge < -0.3 is 5.32 Å². The third kappa shape index (κ3) is 3.80. The van der Waals surface area contributed by atoms with Gasteiger partial charge in [-0.15, -0.1) is 0 Å². The molecule has 3 aromatic carbocycles. The van der Waals surface area contributed by atoms with Gasteiger partial charge in [0, 0.05) is 10.7 Å². The van der Waals surface area contributed by atoms with Crippen molar-refractivity contribution in [3.63, 3.8) is 0 Å². The first kappa shape index (κ1) is 19.0. The normalized spacial score (nSPS) is 13.9. The number of hydrogen-bond donors (Lipinski definition) is 1. The van der Waals surface area contributed by atoms with Crippen LogP contribution < -0.4 is 5.32 Å². The second kappa shape index (κ2) is 7.94. The summed E-state index contributed by atoms with van der Waals surface area (Å²) >= 11 is 6.25. The summed E-state index contributed by atoms with van der Waals surface area (Å²) in [5.74, 6) is -0.704. The molecule has 2 amide bonds. The SMILES string of the molecule is Cc1ccc(NC2=C(c3ccccc3)C(=O)N(Cc3ccccc3Cl)C2=O)cc1. The van der Waals surface area contributed by atoms with Crippen molar-refractivity contribution < 1.29 is 9.59 Å². The summed E-state index contributed by atoms with van der Waals surface area (Å²) in [6.45, 7) is 2.11. The number of aryl methyl sites for hydroxylation is 1. The number of nitrogens with one attached hydrogen (secondary N) is 1. The molecular weight excluding hydrogens is 384 g/mol. The Bertz CT molecular complexity index is 1110. The Morgan fingerprint density at radius 2 is 1.48 bits per heavy atom. The Kier molecular flexibility index (Phi) is 5.19. The lowest BCUT2D eigenvalue weighted by molar-refractivity contribution is -0.137. The molecule has 5 heteroatoms. The molecule has 1 aliphatic rings. The average Bonchev–Trinajstić information content (AvgIpc) is 2.96. The molecule has 0 bridgehead atoms. The van der Waals surface area contributed by atoms with Crippen molar-refractivity contribution in [3.05, 3.63) is 106 Å². The van der Waals surface area contributed by atoms with Crippen molar-refractivity contribution in [2.75, 3.05) is 5.32 Å². The summed E-state index contributed by atoms with van der Waals surface area (Å²) in [4.78, 5) is 27.7. The molecule has 0 spiro atoms. The number of rotatable bonds is 5. The number of carbonyl (C=O) groups is 2. The number of carbonyl (C=O) groups excluding carboxylic acids is 2. The van der Waals surface area contributed by atoms with Gasteiger partial charge in [-0.1, -0.05) is 77.8 Å². The topological polar surface area (TPSA) is 49.4 Å². The molecule has 0 unspecified atom stereocenters. The molecule has 3 aromatic rings. The Balaban J connectivity index is 1.73. The molecule has 1 aliphatic heterocycles. The Morgan fingerprint density at radius 3 is 2.17 bits per heavy atom. The molecule has 1 heterocycles. The van der Waals surface area contributed by atoms with E-state index >= 15 is 0 Å². The van der Waals surface area contributed by atoms with E-state index in [1.165, 1.54) is 4.90 Å². The van der Waals surface area contributed by atoms with E-state index < -0.39 is 0 Å². The molecule has 1 N–H and O–H groups in total. The molecule has 0 atom stereocenters. The third-order valence-electron chi connectivity index (χ3n) is 4.84. The summed E-state index contributed by atoms with van der Waals surface area (Å²) in [6.07, 6.45) is 0. The minimum Gasteiger partial charge on any atom is -0.350 e. The summed E-state index contributed by atoms with van der Waals surface area (Å²) < 4.78 is 0. The number of benzene rings is 3. The fourth-order valence-electron chi connectivity index (χ4n) is 3.29. The number of hydrogen-bond acceptors (Lipinski definition) is 3. The van der Waals surface area contributed by atoms with Crippen LogP contribution in [0.4, 0.5) is 5.69 Å². The van der Waals surface area contributed by atoms with E-state index in [9.17, 15) is 9.59 Å². The van der Waals surface area contributed by atoms with Gasteiger partial charge in [0.2, 0.25) is 0 Å². The van der Waals surface area contributed by atoms with Gasteiger partial charge >= 0.3 is 0 Å². The van der Waals surface area contributed by atoms with Crippen LogP contribution in [-0.2, 0) is 16.1 Å². The minimum atomic E-state index is -0.366. The van der Waals surface area contributed by atoms with E-state index in [4.69, 9.17) is 11.6 Å². The van der Waals surface area contributed by atoms with E-state index in [-0.39, 0.29) is 24.1 Å². The van der Waals surface area contributed by atoms with Crippen LogP contribution >= 0.6 is 11.6 Å². The number of anilines is 1. The van der Waals surface area contributed by atoms with Gasteiger partial charge in [0.1, 0.15) is 5.70 Å². The van der Waals surface area contributed by atoms with Gasteiger partial charge in [0.15, 0.2) is 0 Å². The molecule has 4 rings (SSSR count). The quantitative estimate of drug-likeness (QED) is 0.608. The summed E-state index contributed by atoms with van der Waals surface area (Å²) in [5, 5.41) is 3.68. The van der Waals surface area contributed by atoms with Gasteiger partial charge in [-0.3, -0.25) is 14.5 Å². The van der Waals surface area contributed by atoms with Gasteiger partial charge in [0.05, 0.1) is 12.1 Å². The van der Waals surface area contributed by atoms with Gasteiger partial charge in [-0.25, -0.2) is 0 Å². The highest BCUT2D eigenvalue weighted by Crippen LogP contribution is 2.32. The highest BCUT2D eigenvalue weighted by molar-refractivity contribution is 6.36. The van der Waals surface area contributed by atoms with Crippen molar-refractivity contribution in [1.82, 2.24) is 4.90 Å². The lowest BCUT2D eigenvalue weighted by Crippen LogP contribution is -2.32. The molecule has 29 heavy (non-hydrogen) atoms. The summed E-state index contributed by atoms with van der Waals surface area (Å²) in [6, 6.07) is 24.1. The molecule has 0 fully saturated rings. The Hall–Kier alpha value is -3.37. The maximum Gasteiger partial charge on any atom is 0.278 e. The largest absolute Gasteiger partial charge is 0.350 e. The number of amides is 2. The monoisotopic (exact) mass is 402 g/mol. The summed E-state index contributed by atoms with van der Waals surface area (Å²) in [5.41, 5.74) is 3.92. The predicted molar refractivity (Wildman–Crippen MR) is 115 cm³/mol. The van der Waals surface area contributed by atoms with Crippen LogP contribution in [-0.4, -0.2) is 16.7 Å². The molecular formula is C24H19ClN2O2. The first-order valence-corrected chi connectivity index (χ1v) is 9.65. The molecule has 4 nitrogen and oxygen atoms in total. The Labute approximate surface area is 174 Å². The van der Waals surface area contributed by atoms with E-state index in [0.29, 0.717) is 16.2 Å². The molecule has 0 saturated heterocycles.